The molecule has 0 aliphatic rings. The van der Waals surface area contributed by atoms with Gasteiger partial charge in [0.15, 0.2) is 5.82 Å². The molecule has 0 spiro atoms. The Hall–Kier alpha value is -2.66. The molecular formula is C13H16N6O2. The number of nitrogens with one attached hydrogen (secondary N) is 2. The number of aromatic amines is 1. The van der Waals surface area contributed by atoms with Crippen molar-refractivity contribution in [1.82, 2.24) is 25.1 Å². The Morgan fingerprint density at radius 2 is 2.48 bits per heavy atom. The number of carbonyl (C=O) groups excluding carboxylic acids is 1. The van der Waals surface area contributed by atoms with Gasteiger partial charge in [-0.05, 0) is 12.5 Å². The van der Waals surface area contributed by atoms with Crippen LogP contribution >= 0.6 is 0 Å². The number of nitriles is 1. The summed E-state index contributed by atoms with van der Waals surface area (Å²) in [6.45, 7) is 1.66. The highest BCUT2D eigenvalue weighted by Crippen LogP contribution is 2.03. The minimum absolute atomic E-state index is 0.271. The Morgan fingerprint density at radius 1 is 1.62 bits per heavy atom. The molecule has 2 aromatic heterocycles. The predicted molar refractivity (Wildman–Crippen MR) is 73.2 cm³/mol. The van der Waals surface area contributed by atoms with Gasteiger partial charge in [-0.1, -0.05) is 0 Å². The van der Waals surface area contributed by atoms with Crippen LogP contribution in [-0.2, 0) is 17.8 Å². The zero-order valence-corrected chi connectivity index (χ0v) is 11.7. The van der Waals surface area contributed by atoms with Crippen LogP contribution in [0.5, 0.6) is 0 Å². The van der Waals surface area contributed by atoms with Crippen molar-refractivity contribution < 1.29 is 9.53 Å². The SMILES string of the molecule is COCCCn1cnnc1CNC(=O)c1cc(C#N)c[nH]1. The first kappa shape index (κ1) is 14.7. The van der Waals surface area contributed by atoms with E-state index < -0.39 is 0 Å². The van der Waals surface area contributed by atoms with Crippen LogP contribution in [0.3, 0.4) is 0 Å². The number of nitrogens with zero attached hydrogens (tertiary/aromatic N) is 4. The van der Waals surface area contributed by atoms with E-state index in [1.807, 2.05) is 10.6 Å². The first-order valence-corrected chi connectivity index (χ1v) is 6.47. The van der Waals surface area contributed by atoms with Crippen molar-refractivity contribution in [3.05, 3.63) is 35.7 Å². The van der Waals surface area contributed by atoms with Crippen molar-refractivity contribution in [3.63, 3.8) is 0 Å². The summed E-state index contributed by atoms with van der Waals surface area (Å²) < 4.78 is 6.86. The molecule has 0 aliphatic carbocycles. The van der Waals surface area contributed by atoms with E-state index in [1.54, 1.807) is 13.4 Å². The molecule has 8 heteroatoms. The monoisotopic (exact) mass is 288 g/mol. The highest BCUT2D eigenvalue weighted by Gasteiger charge is 2.10. The van der Waals surface area contributed by atoms with Crippen LogP contribution in [0.1, 0.15) is 28.3 Å². The van der Waals surface area contributed by atoms with Crippen molar-refractivity contribution in [2.45, 2.75) is 19.5 Å². The van der Waals surface area contributed by atoms with Crippen molar-refractivity contribution in [2.24, 2.45) is 0 Å². The predicted octanol–water partition coefficient (Wildman–Crippen LogP) is 0.444. The zero-order chi connectivity index (χ0) is 15.1. The van der Waals surface area contributed by atoms with Gasteiger partial charge in [-0.3, -0.25) is 4.79 Å². The van der Waals surface area contributed by atoms with Crippen LogP contribution in [0.4, 0.5) is 0 Å². The zero-order valence-electron chi connectivity index (χ0n) is 11.7. The van der Waals surface area contributed by atoms with Crippen LogP contribution in [0.2, 0.25) is 0 Å². The van der Waals surface area contributed by atoms with E-state index in [0.29, 0.717) is 23.7 Å². The normalized spacial score (nSPS) is 10.3. The van der Waals surface area contributed by atoms with E-state index in [0.717, 1.165) is 13.0 Å². The minimum atomic E-state index is -0.289. The van der Waals surface area contributed by atoms with Gasteiger partial charge in [-0.2, -0.15) is 5.26 Å². The molecule has 110 valence electrons. The molecular weight excluding hydrogens is 272 g/mol. The van der Waals surface area contributed by atoms with Gasteiger partial charge in [0.2, 0.25) is 0 Å². The lowest BCUT2D eigenvalue weighted by molar-refractivity contribution is 0.0945. The smallest absolute Gasteiger partial charge is 0.268 e. The van der Waals surface area contributed by atoms with Crippen LogP contribution in [0, 0.1) is 11.3 Å². The van der Waals surface area contributed by atoms with E-state index in [2.05, 4.69) is 20.5 Å². The van der Waals surface area contributed by atoms with Crippen molar-refractivity contribution in [2.75, 3.05) is 13.7 Å². The molecule has 0 aliphatic heterocycles. The molecule has 21 heavy (non-hydrogen) atoms. The maximum atomic E-state index is 11.9. The van der Waals surface area contributed by atoms with Gasteiger partial charge in [-0.25, -0.2) is 0 Å². The first-order valence-electron chi connectivity index (χ1n) is 6.47. The van der Waals surface area contributed by atoms with Crippen LogP contribution in [0.15, 0.2) is 18.6 Å². The molecule has 0 saturated heterocycles. The molecule has 0 bridgehead atoms. The average molecular weight is 288 g/mol. The Bertz CT molecular complexity index is 639. The minimum Gasteiger partial charge on any atom is -0.385 e. The van der Waals surface area contributed by atoms with Gasteiger partial charge in [0.1, 0.15) is 18.1 Å². The number of aryl methyl sites for hydroxylation is 1. The number of carbonyl (C=O) groups is 1. The topological polar surface area (TPSA) is 109 Å². The van der Waals surface area contributed by atoms with E-state index >= 15 is 0 Å². The van der Waals surface area contributed by atoms with Gasteiger partial charge in [0.05, 0.1) is 12.1 Å². The third-order valence-electron chi connectivity index (χ3n) is 2.91. The summed E-state index contributed by atoms with van der Waals surface area (Å²) in [5, 5.41) is 19.3. The Balaban J connectivity index is 1.89. The third-order valence-corrected chi connectivity index (χ3v) is 2.91. The number of amides is 1. The van der Waals surface area contributed by atoms with Gasteiger partial charge in [-0.15, -0.1) is 10.2 Å². The quantitative estimate of drug-likeness (QED) is 0.719. The lowest BCUT2D eigenvalue weighted by Crippen LogP contribution is -2.25. The first-order chi connectivity index (χ1) is 10.2. The van der Waals surface area contributed by atoms with Crippen LogP contribution in [-0.4, -0.2) is 39.4 Å². The highest BCUT2D eigenvalue weighted by molar-refractivity contribution is 5.92. The molecule has 8 nitrogen and oxygen atoms in total. The summed E-state index contributed by atoms with van der Waals surface area (Å²) in [6.07, 6.45) is 3.96. The lowest BCUT2D eigenvalue weighted by atomic mass is 10.3. The maximum Gasteiger partial charge on any atom is 0.268 e. The number of aromatic nitrogens is 4. The Labute approximate surface area is 121 Å². The number of rotatable bonds is 7. The molecule has 2 heterocycles. The van der Waals surface area contributed by atoms with Gasteiger partial charge < -0.3 is 19.6 Å². The fourth-order valence-electron chi connectivity index (χ4n) is 1.83. The second-order valence-corrected chi connectivity index (χ2v) is 4.38. The number of hydrogen-bond acceptors (Lipinski definition) is 5. The maximum absolute atomic E-state index is 11.9. The molecule has 2 N–H and O–H groups in total. The molecule has 2 aromatic rings. The highest BCUT2D eigenvalue weighted by atomic mass is 16.5. The van der Waals surface area contributed by atoms with Gasteiger partial charge in [0, 0.05) is 26.5 Å². The largest absolute Gasteiger partial charge is 0.385 e. The molecule has 0 radical (unpaired) electrons. The Morgan fingerprint density at radius 3 is 3.19 bits per heavy atom. The molecule has 0 fully saturated rings. The van der Waals surface area contributed by atoms with Crippen LogP contribution in [0.25, 0.3) is 0 Å². The van der Waals surface area contributed by atoms with Gasteiger partial charge >= 0.3 is 0 Å². The third kappa shape index (κ3) is 3.90. The molecule has 1 amide bonds. The summed E-state index contributed by atoms with van der Waals surface area (Å²) in [5.41, 5.74) is 0.764. The van der Waals surface area contributed by atoms with Gasteiger partial charge in [0.25, 0.3) is 5.91 Å². The molecule has 2 rings (SSSR count). The average Bonchev–Trinajstić information content (AvgIpc) is 3.14. The van der Waals surface area contributed by atoms with Crippen molar-refractivity contribution in [1.29, 1.82) is 5.26 Å². The Kier molecular flexibility index (Phi) is 5.06. The summed E-state index contributed by atoms with van der Waals surface area (Å²) in [6, 6.07) is 3.46. The second kappa shape index (κ2) is 7.21. The van der Waals surface area contributed by atoms with Crippen LogP contribution < -0.4 is 5.32 Å². The lowest BCUT2D eigenvalue weighted by Gasteiger charge is -2.07. The molecule has 0 saturated carbocycles. The number of H-pyrrole nitrogens is 1. The van der Waals surface area contributed by atoms with Crippen molar-refractivity contribution >= 4 is 5.91 Å². The van der Waals surface area contributed by atoms with E-state index in [1.165, 1.54) is 12.3 Å². The summed E-state index contributed by atoms with van der Waals surface area (Å²) in [7, 11) is 1.65. The molecule has 0 unspecified atom stereocenters. The van der Waals surface area contributed by atoms with E-state index in [-0.39, 0.29) is 12.5 Å². The number of hydrogen-bond donors (Lipinski definition) is 2. The second-order valence-electron chi connectivity index (χ2n) is 4.38. The number of ether oxygens (including phenoxy) is 1. The fourth-order valence-corrected chi connectivity index (χ4v) is 1.83. The summed E-state index contributed by atoms with van der Waals surface area (Å²) >= 11 is 0. The van der Waals surface area contributed by atoms with E-state index in [4.69, 9.17) is 10.00 Å². The number of methoxy groups -OCH3 is 1. The fraction of sp³-hybridized carbons (Fsp3) is 0.385. The molecule has 0 atom stereocenters. The standard InChI is InChI=1S/C13H16N6O2/c1-21-4-2-3-19-9-17-18-12(19)8-16-13(20)11-5-10(6-14)7-15-11/h5,7,9,15H,2-4,8H2,1H3,(H,16,20). The molecule has 0 aromatic carbocycles. The summed E-state index contributed by atoms with van der Waals surface area (Å²) in [4.78, 5) is 14.7. The summed E-state index contributed by atoms with van der Waals surface area (Å²) in [5.74, 6) is 0.384. The van der Waals surface area contributed by atoms with Crippen molar-refractivity contribution in [3.8, 4) is 6.07 Å². The van der Waals surface area contributed by atoms with E-state index in [9.17, 15) is 4.79 Å².